The summed E-state index contributed by atoms with van der Waals surface area (Å²) in [6.45, 7) is 1.28. The monoisotopic (exact) mass is 277 g/mol. The summed E-state index contributed by atoms with van der Waals surface area (Å²) >= 11 is 5.96. The number of aliphatic hydroxyl groups excluding tert-OH is 1. The van der Waals surface area contributed by atoms with Crippen molar-refractivity contribution in [3.05, 3.63) is 34.9 Å². The summed E-state index contributed by atoms with van der Waals surface area (Å²) in [6.07, 6.45) is 0. The van der Waals surface area contributed by atoms with Crippen LogP contribution in [0.25, 0.3) is 0 Å². The predicted octanol–water partition coefficient (Wildman–Crippen LogP) is 1.48. The molecular formula is C11H16ClNO3S. The highest BCUT2D eigenvalue weighted by atomic mass is 35.5. The average Bonchev–Trinajstić information content (AvgIpc) is 2.30. The molecule has 0 aromatic heterocycles. The number of hydrogen-bond donors (Lipinski definition) is 1. The third-order valence-electron chi connectivity index (χ3n) is 2.55. The highest BCUT2D eigenvalue weighted by Crippen LogP contribution is 2.18. The Morgan fingerprint density at radius 2 is 2.00 bits per heavy atom. The summed E-state index contributed by atoms with van der Waals surface area (Å²) in [5, 5.41) is 8.63. The average molecular weight is 278 g/mol. The van der Waals surface area contributed by atoms with Gasteiger partial charge in [-0.1, -0.05) is 29.8 Å². The summed E-state index contributed by atoms with van der Waals surface area (Å²) in [5.41, 5.74) is 0.741. The molecule has 0 bridgehead atoms. The molecule has 0 heterocycles. The van der Waals surface area contributed by atoms with E-state index in [9.17, 15) is 8.42 Å². The third-order valence-corrected chi connectivity index (χ3v) is 5.08. The van der Waals surface area contributed by atoms with Gasteiger partial charge in [0.2, 0.25) is 10.0 Å². The van der Waals surface area contributed by atoms with Crippen molar-refractivity contribution in [2.24, 2.45) is 0 Å². The zero-order valence-electron chi connectivity index (χ0n) is 9.80. The van der Waals surface area contributed by atoms with Crippen LogP contribution >= 0.6 is 11.6 Å². The quantitative estimate of drug-likeness (QED) is 0.887. The molecule has 0 amide bonds. The Morgan fingerprint density at radius 1 is 1.41 bits per heavy atom. The molecule has 96 valence electrons. The number of benzene rings is 1. The fourth-order valence-electron chi connectivity index (χ4n) is 1.36. The van der Waals surface area contributed by atoms with E-state index in [4.69, 9.17) is 16.7 Å². The molecule has 0 spiro atoms. The fraction of sp³-hybridized carbons (Fsp3) is 0.455. The van der Waals surface area contributed by atoms with Crippen molar-refractivity contribution in [1.82, 2.24) is 4.31 Å². The van der Waals surface area contributed by atoms with Gasteiger partial charge in [-0.15, -0.1) is 0 Å². The molecule has 0 saturated carbocycles. The molecule has 0 fully saturated rings. The number of nitrogens with zero attached hydrogens (tertiary/aromatic N) is 1. The van der Waals surface area contributed by atoms with Gasteiger partial charge in [-0.05, 0) is 18.6 Å². The molecule has 1 rings (SSSR count). The van der Waals surface area contributed by atoms with Crippen LogP contribution in [-0.4, -0.2) is 36.7 Å². The highest BCUT2D eigenvalue weighted by molar-refractivity contribution is 7.89. The van der Waals surface area contributed by atoms with Gasteiger partial charge in [0.05, 0.1) is 11.9 Å². The lowest BCUT2D eigenvalue weighted by atomic mass is 10.2. The van der Waals surface area contributed by atoms with Crippen LogP contribution in [0.15, 0.2) is 24.3 Å². The largest absolute Gasteiger partial charge is 0.395 e. The zero-order valence-corrected chi connectivity index (χ0v) is 11.4. The lowest BCUT2D eigenvalue weighted by Gasteiger charge is -2.21. The van der Waals surface area contributed by atoms with Crippen LogP contribution in [-0.2, 0) is 16.6 Å². The van der Waals surface area contributed by atoms with E-state index in [1.165, 1.54) is 18.3 Å². The summed E-state index contributed by atoms with van der Waals surface area (Å²) in [5.74, 6) is 0. The Bertz CT molecular complexity index is 475. The first-order valence-electron chi connectivity index (χ1n) is 5.19. The Balaban J connectivity index is 2.87. The minimum absolute atomic E-state index is 0.201. The molecule has 1 atom stereocenters. The zero-order chi connectivity index (χ0) is 13.1. The van der Waals surface area contributed by atoms with E-state index in [0.29, 0.717) is 5.02 Å². The van der Waals surface area contributed by atoms with Crippen molar-refractivity contribution in [3.8, 4) is 0 Å². The van der Waals surface area contributed by atoms with Crippen LogP contribution in [0.2, 0.25) is 5.02 Å². The molecule has 0 aliphatic rings. The maximum atomic E-state index is 11.9. The minimum atomic E-state index is -3.48. The van der Waals surface area contributed by atoms with E-state index in [0.717, 1.165) is 5.56 Å². The lowest BCUT2D eigenvalue weighted by Crippen LogP contribution is -2.36. The van der Waals surface area contributed by atoms with Gasteiger partial charge >= 0.3 is 0 Å². The van der Waals surface area contributed by atoms with Crippen LogP contribution in [0, 0.1) is 0 Å². The van der Waals surface area contributed by atoms with E-state index in [1.54, 1.807) is 24.3 Å². The first-order chi connectivity index (χ1) is 7.89. The van der Waals surface area contributed by atoms with Gasteiger partial charge in [-0.25, -0.2) is 12.7 Å². The van der Waals surface area contributed by atoms with Crippen LogP contribution in [0.5, 0.6) is 0 Å². The van der Waals surface area contributed by atoms with Gasteiger partial charge in [0, 0.05) is 18.6 Å². The van der Waals surface area contributed by atoms with Crippen molar-refractivity contribution in [3.63, 3.8) is 0 Å². The van der Waals surface area contributed by atoms with Gasteiger partial charge < -0.3 is 5.11 Å². The van der Waals surface area contributed by atoms with Crippen molar-refractivity contribution < 1.29 is 13.5 Å². The smallest absolute Gasteiger partial charge is 0.219 e. The van der Waals surface area contributed by atoms with Crippen molar-refractivity contribution >= 4 is 21.6 Å². The SMILES string of the molecule is CC(CO)S(=O)(=O)N(C)Cc1ccccc1Cl. The Labute approximate surface area is 107 Å². The molecule has 0 saturated heterocycles. The van der Waals surface area contributed by atoms with Crippen LogP contribution in [0.1, 0.15) is 12.5 Å². The van der Waals surface area contributed by atoms with E-state index >= 15 is 0 Å². The number of sulfonamides is 1. The molecule has 1 unspecified atom stereocenters. The van der Waals surface area contributed by atoms with E-state index < -0.39 is 21.9 Å². The molecule has 1 aromatic carbocycles. The number of hydrogen-bond acceptors (Lipinski definition) is 3. The molecule has 1 aromatic rings. The second kappa shape index (κ2) is 5.82. The van der Waals surface area contributed by atoms with Crippen LogP contribution < -0.4 is 0 Å². The standard InChI is InChI=1S/C11H16ClNO3S/c1-9(8-14)17(15,16)13(2)7-10-5-3-4-6-11(10)12/h3-6,9,14H,7-8H2,1-2H3. The molecule has 0 radical (unpaired) electrons. The minimum Gasteiger partial charge on any atom is -0.395 e. The van der Waals surface area contributed by atoms with Gasteiger partial charge in [-0.3, -0.25) is 0 Å². The molecule has 17 heavy (non-hydrogen) atoms. The fourth-order valence-corrected chi connectivity index (χ4v) is 2.68. The third kappa shape index (κ3) is 3.42. The van der Waals surface area contributed by atoms with Gasteiger partial charge in [0.1, 0.15) is 0 Å². The van der Waals surface area contributed by atoms with E-state index in [-0.39, 0.29) is 6.54 Å². The maximum absolute atomic E-state index is 11.9. The van der Waals surface area contributed by atoms with Gasteiger partial charge in [0.15, 0.2) is 0 Å². The number of rotatable bonds is 5. The lowest BCUT2D eigenvalue weighted by molar-refractivity contribution is 0.290. The second-order valence-electron chi connectivity index (χ2n) is 3.89. The first kappa shape index (κ1) is 14.4. The molecule has 4 nitrogen and oxygen atoms in total. The van der Waals surface area contributed by atoms with Crippen LogP contribution in [0.4, 0.5) is 0 Å². The molecule has 0 aliphatic heterocycles. The number of halogens is 1. The van der Waals surface area contributed by atoms with Crippen molar-refractivity contribution in [1.29, 1.82) is 0 Å². The maximum Gasteiger partial charge on any atom is 0.219 e. The molecule has 0 aliphatic carbocycles. The summed E-state index contributed by atoms with van der Waals surface area (Å²) in [7, 11) is -2.00. The van der Waals surface area contributed by atoms with Gasteiger partial charge in [-0.2, -0.15) is 0 Å². The van der Waals surface area contributed by atoms with Crippen molar-refractivity contribution in [2.45, 2.75) is 18.7 Å². The highest BCUT2D eigenvalue weighted by Gasteiger charge is 2.25. The Hall–Kier alpha value is -0.620. The molecule has 6 heteroatoms. The Morgan fingerprint density at radius 3 is 2.53 bits per heavy atom. The van der Waals surface area contributed by atoms with E-state index in [1.807, 2.05) is 0 Å². The summed E-state index contributed by atoms with van der Waals surface area (Å²) < 4.78 is 25.0. The number of aliphatic hydroxyl groups is 1. The molecule has 1 N–H and O–H groups in total. The van der Waals surface area contributed by atoms with Crippen molar-refractivity contribution in [2.75, 3.05) is 13.7 Å². The normalized spacial score (nSPS) is 13.9. The summed E-state index contributed by atoms with van der Waals surface area (Å²) in [6, 6.07) is 7.08. The predicted molar refractivity (Wildman–Crippen MR) is 68.4 cm³/mol. The molecular weight excluding hydrogens is 262 g/mol. The van der Waals surface area contributed by atoms with E-state index in [2.05, 4.69) is 0 Å². The topological polar surface area (TPSA) is 57.6 Å². The second-order valence-corrected chi connectivity index (χ2v) is 6.75. The van der Waals surface area contributed by atoms with Gasteiger partial charge in [0.25, 0.3) is 0 Å². The Kier molecular flexibility index (Phi) is 4.94. The first-order valence-corrected chi connectivity index (χ1v) is 7.07. The summed E-state index contributed by atoms with van der Waals surface area (Å²) in [4.78, 5) is 0. The van der Waals surface area contributed by atoms with Crippen LogP contribution in [0.3, 0.4) is 0 Å².